The molecule has 0 saturated heterocycles. The van der Waals surface area contributed by atoms with Gasteiger partial charge in [0.1, 0.15) is 12.1 Å². The van der Waals surface area contributed by atoms with Gasteiger partial charge in [0.25, 0.3) is 5.56 Å². The standard InChI is InChI=1S/C28H26N4O3/c1-18-8-7-11-21(14-18)29-24(33)17-31-25-22-15-19(2)12-13-23(22)30(3)26(25)27(34)32(28(31)35)16-20-9-5-4-6-10-20/h4-15H,16-17H2,1-3H3,(H,29,33). The van der Waals surface area contributed by atoms with Crippen molar-refractivity contribution in [2.24, 2.45) is 7.05 Å². The number of aromatic nitrogens is 3. The average Bonchev–Trinajstić information content (AvgIpc) is 3.11. The van der Waals surface area contributed by atoms with Crippen molar-refractivity contribution < 1.29 is 4.79 Å². The van der Waals surface area contributed by atoms with Crippen molar-refractivity contribution >= 4 is 33.5 Å². The number of carbonyl (C=O) groups excluding carboxylic acids is 1. The first-order valence-corrected chi connectivity index (χ1v) is 11.5. The monoisotopic (exact) mass is 466 g/mol. The molecule has 0 spiro atoms. The summed E-state index contributed by atoms with van der Waals surface area (Å²) in [5.74, 6) is -0.339. The number of benzene rings is 3. The van der Waals surface area contributed by atoms with Gasteiger partial charge in [0.05, 0.1) is 17.6 Å². The van der Waals surface area contributed by atoms with E-state index in [1.165, 1.54) is 9.13 Å². The molecule has 3 aromatic carbocycles. The minimum absolute atomic E-state index is 0.120. The highest BCUT2D eigenvalue weighted by atomic mass is 16.2. The molecule has 0 aliphatic rings. The molecule has 2 aromatic heterocycles. The number of carbonyl (C=O) groups is 1. The third-order valence-corrected chi connectivity index (χ3v) is 6.29. The lowest BCUT2D eigenvalue weighted by atomic mass is 10.1. The highest BCUT2D eigenvalue weighted by Gasteiger charge is 2.22. The Kier molecular flexibility index (Phi) is 5.61. The summed E-state index contributed by atoms with van der Waals surface area (Å²) in [6, 6.07) is 22.7. The van der Waals surface area contributed by atoms with Gasteiger partial charge in [-0.3, -0.25) is 18.7 Å². The number of hydrogen-bond donors (Lipinski definition) is 1. The molecule has 0 saturated carbocycles. The number of anilines is 1. The molecule has 2 heterocycles. The number of fused-ring (bicyclic) bond motifs is 3. The zero-order valence-corrected chi connectivity index (χ0v) is 19.9. The van der Waals surface area contributed by atoms with Crippen LogP contribution in [0.1, 0.15) is 16.7 Å². The van der Waals surface area contributed by atoms with Crippen molar-refractivity contribution in [3.8, 4) is 0 Å². The van der Waals surface area contributed by atoms with Crippen molar-refractivity contribution in [1.82, 2.24) is 13.7 Å². The van der Waals surface area contributed by atoms with E-state index in [1.54, 1.807) is 6.07 Å². The van der Waals surface area contributed by atoms with Crippen LogP contribution in [0.3, 0.4) is 0 Å². The third-order valence-electron chi connectivity index (χ3n) is 6.29. The second kappa shape index (κ2) is 8.76. The lowest BCUT2D eigenvalue weighted by Gasteiger charge is -2.14. The Labute approximate surface area is 201 Å². The fourth-order valence-electron chi connectivity index (χ4n) is 4.63. The molecule has 176 valence electrons. The fraction of sp³-hybridized carbons (Fsp3) is 0.179. The van der Waals surface area contributed by atoms with Crippen LogP contribution in [0.25, 0.3) is 21.9 Å². The van der Waals surface area contributed by atoms with E-state index in [-0.39, 0.29) is 24.6 Å². The molecule has 5 aromatic rings. The van der Waals surface area contributed by atoms with Gasteiger partial charge in [-0.05, 0) is 49.2 Å². The Morgan fingerprint density at radius 3 is 2.31 bits per heavy atom. The second-order valence-electron chi connectivity index (χ2n) is 8.94. The minimum Gasteiger partial charge on any atom is -0.338 e. The number of aryl methyl sites for hydroxylation is 3. The Morgan fingerprint density at radius 1 is 0.829 bits per heavy atom. The maximum Gasteiger partial charge on any atom is 0.332 e. The van der Waals surface area contributed by atoms with Gasteiger partial charge in [-0.1, -0.05) is 54.1 Å². The van der Waals surface area contributed by atoms with E-state index in [0.717, 1.165) is 27.6 Å². The van der Waals surface area contributed by atoms with Crippen molar-refractivity contribution in [2.45, 2.75) is 26.9 Å². The molecule has 0 radical (unpaired) electrons. The molecule has 0 aliphatic heterocycles. The molecule has 7 nitrogen and oxygen atoms in total. The average molecular weight is 467 g/mol. The highest BCUT2D eigenvalue weighted by molar-refractivity contribution is 6.06. The summed E-state index contributed by atoms with van der Waals surface area (Å²) in [5, 5.41) is 3.65. The first-order valence-electron chi connectivity index (χ1n) is 11.5. The van der Waals surface area contributed by atoms with Crippen LogP contribution in [0.5, 0.6) is 0 Å². The van der Waals surface area contributed by atoms with Gasteiger partial charge >= 0.3 is 5.69 Å². The molecule has 35 heavy (non-hydrogen) atoms. The lowest BCUT2D eigenvalue weighted by Crippen LogP contribution is -2.42. The SMILES string of the molecule is Cc1cccc(NC(=O)Cn2c(=O)n(Cc3ccccc3)c(=O)c3c2c2cc(C)ccc2n3C)c1. The molecule has 0 bridgehead atoms. The van der Waals surface area contributed by atoms with Crippen LogP contribution in [0.2, 0.25) is 0 Å². The molecule has 0 unspecified atom stereocenters. The molecular weight excluding hydrogens is 440 g/mol. The summed E-state index contributed by atoms with van der Waals surface area (Å²) in [5.41, 5.74) is 4.31. The van der Waals surface area contributed by atoms with E-state index >= 15 is 0 Å². The summed E-state index contributed by atoms with van der Waals surface area (Å²) in [6.45, 7) is 3.81. The van der Waals surface area contributed by atoms with Crippen LogP contribution in [-0.2, 0) is 24.9 Å². The summed E-state index contributed by atoms with van der Waals surface area (Å²) in [4.78, 5) is 40.4. The Balaban J connectivity index is 1.72. The maximum absolute atomic E-state index is 13.7. The van der Waals surface area contributed by atoms with E-state index in [1.807, 2.05) is 92.2 Å². The van der Waals surface area contributed by atoms with Crippen LogP contribution >= 0.6 is 0 Å². The summed E-state index contributed by atoms with van der Waals surface area (Å²) in [7, 11) is 1.82. The van der Waals surface area contributed by atoms with Gasteiger partial charge in [-0.2, -0.15) is 0 Å². The first-order chi connectivity index (χ1) is 16.8. The Morgan fingerprint density at radius 2 is 1.57 bits per heavy atom. The van der Waals surface area contributed by atoms with E-state index < -0.39 is 5.69 Å². The third kappa shape index (κ3) is 4.05. The number of amides is 1. The zero-order valence-electron chi connectivity index (χ0n) is 19.9. The van der Waals surface area contributed by atoms with Gasteiger partial charge in [0.2, 0.25) is 5.91 Å². The van der Waals surface area contributed by atoms with E-state index in [9.17, 15) is 14.4 Å². The lowest BCUT2D eigenvalue weighted by molar-refractivity contribution is -0.116. The second-order valence-corrected chi connectivity index (χ2v) is 8.94. The molecule has 0 atom stereocenters. The largest absolute Gasteiger partial charge is 0.338 e. The topological polar surface area (TPSA) is 78.0 Å². The molecule has 5 rings (SSSR count). The van der Waals surface area contributed by atoms with Crippen LogP contribution in [0.4, 0.5) is 5.69 Å². The van der Waals surface area contributed by atoms with E-state index in [2.05, 4.69) is 5.32 Å². The molecular formula is C28H26N4O3. The molecule has 1 N–H and O–H groups in total. The van der Waals surface area contributed by atoms with E-state index in [0.29, 0.717) is 16.7 Å². The number of nitrogens with one attached hydrogen (secondary N) is 1. The van der Waals surface area contributed by atoms with Gasteiger partial charge in [-0.15, -0.1) is 0 Å². The van der Waals surface area contributed by atoms with Crippen molar-refractivity contribution in [3.05, 3.63) is 110 Å². The summed E-state index contributed by atoms with van der Waals surface area (Å²) < 4.78 is 4.44. The number of nitrogens with zero attached hydrogens (tertiary/aromatic N) is 3. The van der Waals surface area contributed by atoms with Crippen molar-refractivity contribution in [1.29, 1.82) is 0 Å². The smallest absolute Gasteiger partial charge is 0.332 e. The Bertz CT molecular complexity index is 1710. The Hall–Kier alpha value is -4.39. The van der Waals surface area contributed by atoms with Gasteiger partial charge in [-0.25, -0.2) is 4.79 Å². The number of rotatable bonds is 5. The minimum atomic E-state index is -0.514. The van der Waals surface area contributed by atoms with Gasteiger partial charge in [0.15, 0.2) is 0 Å². The molecule has 1 amide bonds. The van der Waals surface area contributed by atoms with Crippen LogP contribution in [0, 0.1) is 13.8 Å². The molecule has 0 aliphatic carbocycles. The maximum atomic E-state index is 13.7. The number of hydrogen-bond acceptors (Lipinski definition) is 3. The van der Waals surface area contributed by atoms with Crippen molar-refractivity contribution in [3.63, 3.8) is 0 Å². The molecule has 7 heteroatoms. The van der Waals surface area contributed by atoms with Crippen molar-refractivity contribution in [2.75, 3.05) is 5.32 Å². The zero-order chi connectivity index (χ0) is 24.7. The fourth-order valence-corrected chi connectivity index (χ4v) is 4.63. The highest BCUT2D eigenvalue weighted by Crippen LogP contribution is 2.26. The summed E-state index contributed by atoms with van der Waals surface area (Å²) in [6.07, 6.45) is 0. The van der Waals surface area contributed by atoms with Gasteiger partial charge in [0, 0.05) is 18.1 Å². The predicted molar refractivity (Wildman–Crippen MR) is 139 cm³/mol. The van der Waals surface area contributed by atoms with E-state index in [4.69, 9.17) is 0 Å². The predicted octanol–water partition coefficient (Wildman–Crippen LogP) is 3.96. The normalized spacial score (nSPS) is 11.3. The first kappa shape index (κ1) is 22.4. The van der Waals surface area contributed by atoms with Crippen LogP contribution in [0.15, 0.2) is 82.4 Å². The molecule has 0 fully saturated rings. The van der Waals surface area contributed by atoms with Gasteiger partial charge < -0.3 is 9.88 Å². The summed E-state index contributed by atoms with van der Waals surface area (Å²) >= 11 is 0. The quantitative estimate of drug-likeness (QED) is 0.426. The van der Waals surface area contributed by atoms with Crippen LogP contribution in [-0.4, -0.2) is 19.6 Å². The van der Waals surface area contributed by atoms with Crippen LogP contribution < -0.4 is 16.6 Å².